The Morgan fingerprint density at radius 2 is 1.88 bits per heavy atom. The van der Waals surface area contributed by atoms with Crippen LogP contribution in [0.1, 0.15) is 28.9 Å². The summed E-state index contributed by atoms with van der Waals surface area (Å²) >= 11 is 0. The van der Waals surface area contributed by atoms with Crippen LogP contribution in [-0.4, -0.2) is 53.9 Å². The number of likely N-dealkylation sites (tertiary alicyclic amines) is 1. The zero-order valence-corrected chi connectivity index (χ0v) is 13.1. The van der Waals surface area contributed by atoms with E-state index in [0.717, 1.165) is 23.2 Å². The van der Waals surface area contributed by atoms with Crippen LogP contribution in [0.4, 0.5) is 13.2 Å². The number of nitrogens with zero attached hydrogens (tertiary/aromatic N) is 2. The summed E-state index contributed by atoms with van der Waals surface area (Å²) in [6.45, 7) is 0.571. The highest BCUT2D eigenvalue weighted by Crippen LogP contribution is 2.27. The minimum absolute atomic E-state index is 0.00117. The second-order valence-electron chi connectivity index (χ2n) is 5.24. The fraction of sp³-hybridized carbons (Fsp3) is 0.467. The minimum Gasteiger partial charge on any atom is -0.378 e. The molecule has 0 radical (unpaired) electrons. The van der Waals surface area contributed by atoms with Gasteiger partial charge in [-0.25, -0.2) is 0 Å². The van der Waals surface area contributed by atoms with Crippen molar-refractivity contribution in [2.45, 2.75) is 19.0 Å². The number of alkyl halides is 3. The highest BCUT2D eigenvalue weighted by molar-refractivity contribution is 6.01. The van der Waals surface area contributed by atoms with Gasteiger partial charge in [-0.2, -0.15) is 13.2 Å². The maximum absolute atomic E-state index is 12.4. The van der Waals surface area contributed by atoms with Crippen LogP contribution in [-0.2, 0) is 20.5 Å². The summed E-state index contributed by atoms with van der Waals surface area (Å²) < 4.78 is 42.3. The van der Waals surface area contributed by atoms with E-state index >= 15 is 0 Å². The second-order valence-corrected chi connectivity index (χ2v) is 5.24. The van der Waals surface area contributed by atoms with E-state index in [9.17, 15) is 27.6 Å². The topological polar surface area (TPSA) is 88.6 Å². The van der Waals surface area contributed by atoms with Crippen LogP contribution in [0.15, 0.2) is 18.3 Å². The number of carbonyl (C=O) groups excluding carboxylic acids is 3. The van der Waals surface area contributed by atoms with E-state index in [-0.39, 0.29) is 56.5 Å². The summed E-state index contributed by atoms with van der Waals surface area (Å²) in [5.41, 5.74) is -1.07. The number of hydrogen-bond donors (Lipinski definition) is 1. The molecule has 0 aromatic carbocycles. The van der Waals surface area contributed by atoms with E-state index < -0.39 is 17.8 Å². The van der Waals surface area contributed by atoms with Crippen molar-refractivity contribution < 1.29 is 32.3 Å². The molecule has 3 amide bonds. The molecule has 10 heteroatoms. The van der Waals surface area contributed by atoms with E-state index in [4.69, 9.17) is 4.74 Å². The van der Waals surface area contributed by atoms with Crippen molar-refractivity contribution in [3.05, 3.63) is 29.6 Å². The molecule has 0 aliphatic carbocycles. The van der Waals surface area contributed by atoms with Crippen molar-refractivity contribution in [1.82, 2.24) is 15.2 Å². The van der Waals surface area contributed by atoms with Gasteiger partial charge in [0.1, 0.15) is 5.69 Å². The Labute approximate surface area is 141 Å². The first-order valence-corrected chi connectivity index (χ1v) is 7.51. The van der Waals surface area contributed by atoms with Gasteiger partial charge in [-0.15, -0.1) is 0 Å². The molecule has 2 rings (SSSR count). The van der Waals surface area contributed by atoms with Gasteiger partial charge in [-0.1, -0.05) is 0 Å². The summed E-state index contributed by atoms with van der Waals surface area (Å²) in [4.78, 5) is 38.8. The second kappa shape index (κ2) is 8.06. The van der Waals surface area contributed by atoms with Gasteiger partial charge in [-0.05, 0) is 12.1 Å². The third-order valence-corrected chi connectivity index (χ3v) is 3.46. The van der Waals surface area contributed by atoms with E-state index in [1.165, 1.54) is 0 Å². The van der Waals surface area contributed by atoms with Crippen LogP contribution in [0.2, 0.25) is 0 Å². The van der Waals surface area contributed by atoms with E-state index in [1.54, 1.807) is 0 Å². The fourth-order valence-corrected chi connectivity index (χ4v) is 2.16. The van der Waals surface area contributed by atoms with Crippen LogP contribution in [0.3, 0.4) is 0 Å². The Bertz CT molecular complexity index is 630. The minimum atomic E-state index is -4.55. The third-order valence-electron chi connectivity index (χ3n) is 3.46. The van der Waals surface area contributed by atoms with E-state index in [2.05, 4.69) is 10.3 Å². The predicted octanol–water partition coefficient (Wildman–Crippen LogP) is 0.996. The smallest absolute Gasteiger partial charge is 0.378 e. The Kier molecular flexibility index (Phi) is 6.07. The molecule has 2 heterocycles. The highest BCUT2D eigenvalue weighted by atomic mass is 19.4. The molecule has 0 bridgehead atoms. The molecular weight excluding hydrogens is 343 g/mol. The first-order chi connectivity index (χ1) is 11.8. The van der Waals surface area contributed by atoms with E-state index in [0.29, 0.717) is 0 Å². The molecule has 0 unspecified atom stereocenters. The van der Waals surface area contributed by atoms with Crippen molar-refractivity contribution in [3.63, 3.8) is 0 Å². The molecule has 1 aliphatic rings. The zero-order valence-electron chi connectivity index (χ0n) is 13.1. The first kappa shape index (κ1) is 18.8. The first-order valence-electron chi connectivity index (χ1n) is 7.51. The number of imide groups is 1. The number of carbonyl (C=O) groups is 3. The lowest BCUT2D eigenvalue weighted by Crippen LogP contribution is -2.33. The Hall–Kier alpha value is -2.49. The number of hydrogen-bond acceptors (Lipinski definition) is 5. The monoisotopic (exact) mass is 359 g/mol. The summed E-state index contributed by atoms with van der Waals surface area (Å²) in [6.07, 6.45) is -3.27. The number of nitrogens with one attached hydrogen (secondary N) is 1. The molecule has 7 nitrogen and oxygen atoms in total. The van der Waals surface area contributed by atoms with Crippen LogP contribution in [0, 0.1) is 0 Å². The quantitative estimate of drug-likeness (QED) is 0.580. The SMILES string of the molecule is O=C(NCCOCCN1C(=O)CCC1=O)c1ccc(C(F)(F)F)nc1. The molecule has 1 fully saturated rings. The molecule has 1 saturated heterocycles. The van der Waals surface area contributed by atoms with Crippen molar-refractivity contribution in [2.24, 2.45) is 0 Å². The lowest BCUT2D eigenvalue weighted by Gasteiger charge is -2.13. The van der Waals surface area contributed by atoms with Crippen molar-refractivity contribution in [2.75, 3.05) is 26.3 Å². The lowest BCUT2D eigenvalue weighted by molar-refractivity contribution is -0.141. The number of aromatic nitrogens is 1. The van der Waals surface area contributed by atoms with Gasteiger partial charge in [0.2, 0.25) is 11.8 Å². The Balaban J connectivity index is 1.65. The van der Waals surface area contributed by atoms with Crippen molar-refractivity contribution in [3.8, 4) is 0 Å². The molecule has 25 heavy (non-hydrogen) atoms. The zero-order chi connectivity index (χ0) is 18.4. The lowest BCUT2D eigenvalue weighted by atomic mass is 10.2. The maximum Gasteiger partial charge on any atom is 0.433 e. The molecule has 136 valence electrons. The van der Waals surface area contributed by atoms with Gasteiger partial charge in [0.25, 0.3) is 5.91 Å². The third kappa shape index (κ3) is 5.24. The van der Waals surface area contributed by atoms with Gasteiger partial charge in [-0.3, -0.25) is 24.3 Å². The summed E-state index contributed by atoms with van der Waals surface area (Å²) in [5, 5.41) is 2.47. The normalized spacial score (nSPS) is 14.9. The maximum atomic E-state index is 12.4. The van der Waals surface area contributed by atoms with Crippen LogP contribution < -0.4 is 5.32 Å². The number of pyridine rings is 1. The predicted molar refractivity (Wildman–Crippen MR) is 78.3 cm³/mol. The van der Waals surface area contributed by atoms with E-state index in [1.807, 2.05) is 0 Å². The molecule has 1 aromatic heterocycles. The van der Waals surface area contributed by atoms with Crippen LogP contribution >= 0.6 is 0 Å². The molecule has 1 N–H and O–H groups in total. The highest BCUT2D eigenvalue weighted by Gasteiger charge is 2.32. The molecular formula is C15H16F3N3O4. The molecule has 0 saturated carbocycles. The van der Waals surface area contributed by atoms with Crippen molar-refractivity contribution >= 4 is 17.7 Å². The van der Waals surface area contributed by atoms with Gasteiger partial charge in [0.05, 0.1) is 25.3 Å². The van der Waals surface area contributed by atoms with Gasteiger partial charge >= 0.3 is 6.18 Å². The molecule has 1 aromatic rings. The van der Waals surface area contributed by atoms with Gasteiger partial charge in [0.15, 0.2) is 0 Å². The largest absolute Gasteiger partial charge is 0.433 e. The average Bonchev–Trinajstić information content (AvgIpc) is 2.88. The average molecular weight is 359 g/mol. The molecule has 1 aliphatic heterocycles. The molecule has 0 atom stereocenters. The number of ether oxygens (including phenoxy) is 1. The summed E-state index contributed by atoms with van der Waals surface area (Å²) in [6, 6.07) is 1.77. The van der Waals surface area contributed by atoms with Gasteiger partial charge < -0.3 is 10.1 Å². The fourth-order valence-electron chi connectivity index (χ4n) is 2.16. The summed E-state index contributed by atoms with van der Waals surface area (Å²) in [7, 11) is 0. The van der Waals surface area contributed by atoms with Crippen LogP contribution in [0.5, 0.6) is 0 Å². The molecule has 0 spiro atoms. The van der Waals surface area contributed by atoms with Gasteiger partial charge in [0, 0.05) is 25.6 Å². The van der Waals surface area contributed by atoms with Crippen molar-refractivity contribution in [1.29, 1.82) is 0 Å². The number of halogens is 3. The standard InChI is InChI=1S/C15H16F3N3O4/c16-15(17,18)11-2-1-10(9-20-11)14(24)19-5-7-25-8-6-21-12(22)3-4-13(21)23/h1-2,9H,3-8H2,(H,19,24). The number of amides is 3. The Morgan fingerprint density at radius 1 is 1.20 bits per heavy atom. The number of rotatable bonds is 7. The Morgan fingerprint density at radius 3 is 2.44 bits per heavy atom. The van der Waals surface area contributed by atoms with Crippen LogP contribution in [0.25, 0.3) is 0 Å². The summed E-state index contributed by atoms with van der Waals surface area (Å²) in [5.74, 6) is -1.02.